The molecule has 7 aromatic rings. The standard InChI is InChI=1S/C52H53F2N5.Pt/c1-48(2,3)33-22-25-56-46(30-33)59-42-23-24-55-31-39(42)38-21-20-34(29-45(38)59)52(53,54)36-26-35(49(4,5)6)27-37(28-36)57-32-58(44-19-14-13-18-43(44)57)47-40(50(7,8)9)16-15-17-41(47)51(10,11)12;/h13-27,30-31H,1-12H3;/q;+2/i13D,14D,18D,19D;. The van der Waals surface area contributed by atoms with Gasteiger partial charge in [0.05, 0.1) is 5.48 Å². The molecular weight excluding hydrogens is 928 g/mol. The number of rotatable bonds is 5. The predicted molar refractivity (Wildman–Crippen MR) is 239 cm³/mol. The zero-order chi connectivity index (χ0) is 45.9. The average Bonchev–Trinajstić information content (AvgIpc) is 3.77. The third-order valence-corrected chi connectivity index (χ3v) is 11.1. The van der Waals surface area contributed by atoms with Crippen LogP contribution in [0.3, 0.4) is 0 Å². The molecule has 0 radical (unpaired) electrons. The van der Waals surface area contributed by atoms with Crippen LogP contribution in [0.1, 0.15) is 122 Å². The van der Waals surface area contributed by atoms with Crippen molar-refractivity contribution in [1.29, 1.82) is 0 Å². The number of fused-ring (bicyclic) bond motifs is 4. The second-order valence-corrected chi connectivity index (χ2v) is 19.7. The normalized spacial score (nSPS) is 14.6. The summed E-state index contributed by atoms with van der Waals surface area (Å²) >= 11 is 0. The van der Waals surface area contributed by atoms with Gasteiger partial charge in [-0.3, -0.25) is 4.98 Å². The Bertz CT molecular complexity index is 3090. The van der Waals surface area contributed by atoms with Crippen molar-refractivity contribution in [3.05, 3.63) is 149 Å². The van der Waals surface area contributed by atoms with Gasteiger partial charge >= 0.3 is 27.1 Å². The zero-order valence-electron chi connectivity index (χ0n) is 40.3. The van der Waals surface area contributed by atoms with Gasteiger partial charge in [-0.25, -0.2) is 13.8 Å². The molecule has 1 aliphatic rings. The van der Waals surface area contributed by atoms with Crippen LogP contribution in [-0.2, 0) is 48.6 Å². The number of nitrogens with zero attached hydrogens (tertiary/aromatic N) is 5. The molecule has 5 nitrogen and oxygen atoms in total. The van der Waals surface area contributed by atoms with Crippen LogP contribution in [0.25, 0.3) is 27.6 Å². The molecule has 0 N–H and O–H groups in total. The molecule has 0 aliphatic carbocycles. The molecule has 1 aliphatic heterocycles. The van der Waals surface area contributed by atoms with E-state index in [1.54, 1.807) is 35.3 Å². The van der Waals surface area contributed by atoms with Crippen LogP contribution >= 0.6 is 0 Å². The fourth-order valence-corrected chi connectivity index (χ4v) is 7.79. The molecule has 0 amide bonds. The van der Waals surface area contributed by atoms with Gasteiger partial charge in [0.2, 0.25) is 5.69 Å². The molecular formula is C52H53F2N5Pt+2. The van der Waals surface area contributed by atoms with Crippen LogP contribution in [0.4, 0.5) is 31.5 Å². The fourth-order valence-electron chi connectivity index (χ4n) is 7.79. The molecule has 4 aromatic carbocycles. The smallest absolute Gasteiger partial charge is 0.319 e. The van der Waals surface area contributed by atoms with Crippen molar-refractivity contribution in [3.63, 3.8) is 0 Å². The summed E-state index contributed by atoms with van der Waals surface area (Å²) < 4.78 is 76.4. The van der Waals surface area contributed by atoms with Crippen molar-refractivity contribution < 1.29 is 35.3 Å². The molecule has 0 spiro atoms. The Morgan fingerprint density at radius 3 is 1.92 bits per heavy atom. The van der Waals surface area contributed by atoms with Crippen molar-refractivity contribution in [2.24, 2.45) is 0 Å². The second-order valence-electron chi connectivity index (χ2n) is 19.7. The van der Waals surface area contributed by atoms with E-state index in [4.69, 9.17) is 7.73 Å². The number of hydrogen-bond donors (Lipinski definition) is 0. The minimum atomic E-state index is -3.64. The third kappa shape index (κ3) is 7.50. The van der Waals surface area contributed by atoms with E-state index in [0.717, 1.165) is 33.3 Å². The van der Waals surface area contributed by atoms with Crippen molar-refractivity contribution in [1.82, 2.24) is 23.7 Å². The maximum atomic E-state index is 17.7. The van der Waals surface area contributed by atoms with E-state index >= 15 is 8.78 Å². The SMILES string of the molecule is [2H]c1c([2H])c([2H])c2c(c1[2H])[N+](c1[c-]c(C(F)(F)c3[c-]c4c(cc3)c3cnccc3n4-c3cc(C(C)(C)C)ccn3)cc(C(C)(C)C)c1)=C=[N+]2c1c(C(C)(C)C)cccc1C(C)(C)C.[Pt+2]. The summed E-state index contributed by atoms with van der Waals surface area (Å²) in [5.41, 5.74) is 3.41. The zero-order valence-corrected chi connectivity index (χ0v) is 38.6. The molecule has 0 saturated carbocycles. The number of pyridine rings is 2. The van der Waals surface area contributed by atoms with E-state index in [9.17, 15) is 2.74 Å². The maximum Gasteiger partial charge on any atom is 2.00 e. The number of para-hydroxylation sites is 3. The number of aromatic nitrogens is 3. The third-order valence-electron chi connectivity index (χ3n) is 11.1. The first-order valence-corrected chi connectivity index (χ1v) is 20.1. The van der Waals surface area contributed by atoms with Crippen LogP contribution < -0.4 is 9.15 Å². The molecule has 0 bridgehead atoms. The summed E-state index contributed by atoms with van der Waals surface area (Å²) in [4.78, 5) is 9.07. The first kappa shape index (κ1) is 37.9. The summed E-state index contributed by atoms with van der Waals surface area (Å²) in [7, 11) is 0. The van der Waals surface area contributed by atoms with E-state index in [2.05, 4.69) is 85.4 Å². The van der Waals surface area contributed by atoms with E-state index in [1.165, 1.54) is 16.7 Å². The van der Waals surface area contributed by atoms with Crippen molar-refractivity contribution in [2.45, 2.75) is 111 Å². The van der Waals surface area contributed by atoms with Gasteiger partial charge < -0.3 is 4.57 Å². The number of alkyl halides is 2. The predicted octanol–water partition coefficient (Wildman–Crippen LogP) is 13.4. The second kappa shape index (κ2) is 14.8. The van der Waals surface area contributed by atoms with Crippen LogP contribution in [0, 0.1) is 12.1 Å². The van der Waals surface area contributed by atoms with Gasteiger partial charge in [-0.05, 0) is 55.4 Å². The van der Waals surface area contributed by atoms with Gasteiger partial charge in [-0.15, -0.1) is 17.0 Å². The fraction of sp³-hybridized carbons (Fsp3) is 0.327. The van der Waals surface area contributed by atoms with Crippen LogP contribution in [-0.4, -0.2) is 20.5 Å². The Morgan fingerprint density at radius 1 is 0.667 bits per heavy atom. The van der Waals surface area contributed by atoms with E-state index in [1.807, 2.05) is 61.7 Å². The summed E-state index contributed by atoms with van der Waals surface area (Å²) in [6, 6.07) is 26.3. The van der Waals surface area contributed by atoms with Gasteiger partial charge in [0.1, 0.15) is 11.5 Å². The molecule has 4 heterocycles. The molecule has 0 atom stereocenters. The molecule has 60 heavy (non-hydrogen) atoms. The molecule has 308 valence electrons. The molecule has 3 aromatic heterocycles. The maximum absolute atomic E-state index is 17.7. The molecule has 8 heteroatoms. The minimum absolute atomic E-state index is 0. The van der Waals surface area contributed by atoms with Gasteiger partial charge in [-0.2, -0.15) is 18.2 Å². The first-order chi connectivity index (χ1) is 29.2. The average molecular weight is 985 g/mol. The molecule has 0 saturated heterocycles. The van der Waals surface area contributed by atoms with Crippen molar-refractivity contribution in [3.8, 4) is 5.82 Å². The van der Waals surface area contributed by atoms with Crippen molar-refractivity contribution in [2.75, 3.05) is 0 Å². The summed E-state index contributed by atoms with van der Waals surface area (Å²) in [6.45, 7) is 24.7. The Kier molecular flexibility index (Phi) is 9.36. The monoisotopic (exact) mass is 984 g/mol. The first-order valence-electron chi connectivity index (χ1n) is 22.1. The minimum Gasteiger partial charge on any atom is -0.319 e. The number of halogens is 2. The van der Waals surface area contributed by atoms with Gasteiger partial charge in [-0.1, -0.05) is 147 Å². The Balaban J connectivity index is 0.00000612. The Hall–Kier alpha value is -5.09. The summed E-state index contributed by atoms with van der Waals surface area (Å²) in [6.07, 6.45) is 5.14. The Morgan fingerprint density at radius 2 is 1.30 bits per heavy atom. The topological polar surface area (TPSA) is 36.7 Å². The van der Waals surface area contributed by atoms with Crippen LogP contribution in [0.2, 0.25) is 0 Å². The number of hydrogen-bond acceptors (Lipinski definition) is 2. The molecule has 8 rings (SSSR count). The van der Waals surface area contributed by atoms with E-state index in [-0.39, 0.29) is 61.2 Å². The molecule has 0 fully saturated rings. The van der Waals surface area contributed by atoms with Crippen molar-refractivity contribution >= 4 is 50.6 Å². The quantitative estimate of drug-likeness (QED) is 0.127. The largest absolute Gasteiger partial charge is 2.00 e. The molecule has 0 unspecified atom stereocenters. The van der Waals surface area contributed by atoms with E-state index in [0.29, 0.717) is 22.3 Å². The Labute approximate surface area is 373 Å². The van der Waals surface area contributed by atoms with Crippen LogP contribution in [0.15, 0.2) is 103 Å². The summed E-state index contributed by atoms with van der Waals surface area (Å²) in [5, 5.41) is 1.48. The van der Waals surface area contributed by atoms with Gasteiger partial charge in [0, 0.05) is 47.3 Å². The number of benzene rings is 4. The van der Waals surface area contributed by atoms with Gasteiger partial charge in [0.25, 0.3) is 17.3 Å². The van der Waals surface area contributed by atoms with E-state index < -0.39 is 39.8 Å². The van der Waals surface area contributed by atoms with Crippen LogP contribution in [0.5, 0.6) is 0 Å². The summed E-state index contributed by atoms with van der Waals surface area (Å²) in [5.74, 6) is -3.06. The van der Waals surface area contributed by atoms with Gasteiger partial charge in [0.15, 0.2) is 0 Å².